The van der Waals surface area contributed by atoms with Gasteiger partial charge in [-0.3, -0.25) is 0 Å². The summed E-state index contributed by atoms with van der Waals surface area (Å²) in [4.78, 5) is 0. The third kappa shape index (κ3) is 10.3. The molecule has 0 amide bonds. The Balaban J connectivity index is 0.000000222. The lowest BCUT2D eigenvalue weighted by molar-refractivity contribution is -0.597. The molecule has 0 aliphatic rings. The lowest BCUT2D eigenvalue weighted by Gasteiger charge is -2.18. The Morgan fingerprint density at radius 3 is 0.800 bits per heavy atom. The van der Waals surface area contributed by atoms with Crippen molar-refractivity contribution in [3.8, 4) is 0 Å². The monoisotopic (exact) mass is 758 g/mol. The zero-order chi connectivity index (χ0) is 29.5. The van der Waals surface area contributed by atoms with Crippen LogP contribution in [0.5, 0.6) is 0 Å². The van der Waals surface area contributed by atoms with E-state index in [1.807, 2.05) is 0 Å². The first-order chi connectivity index (χ1) is 18.7. The van der Waals surface area contributed by atoms with Gasteiger partial charge in [-0.05, 0) is 93.5 Å². The van der Waals surface area contributed by atoms with Crippen LogP contribution in [0, 0.1) is 14.3 Å². The summed E-state index contributed by atoms with van der Waals surface area (Å²) in [5.74, 6) is 1.25. The van der Waals surface area contributed by atoms with Gasteiger partial charge in [0.15, 0.2) is 14.3 Å². The summed E-state index contributed by atoms with van der Waals surface area (Å²) in [7, 11) is 0. The van der Waals surface area contributed by atoms with Crippen LogP contribution in [0.25, 0.3) is 0 Å². The predicted octanol–water partition coefficient (Wildman–Crippen LogP) is 4.47. The highest BCUT2D eigenvalue weighted by Gasteiger charge is 2.20. The summed E-state index contributed by atoms with van der Waals surface area (Å²) in [6.07, 6.45) is 0. The van der Waals surface area contributed by atoms with Gasteiger partial charge in [-0.15, -0.1) is 0 Å². The highest BCUT2D eigenvalue weighted by atomic mass is 127. The number of hydrogen-bond donors (Lipinski definition) is 0. The van der Waals surface area contributed by atoms with Gasteiger partial charge in [0.05, 0.1) is 0 Å². The van der Waals surface area contributed by atoms with E-state index in [0.717, 1.165) is 0 Å². The van der Waals surface area contributed by atoms with Crippen molar-refractivity contribution in [3.63, 3.8) is 0 Å². The highest BCUT2D eigenvalue weighted by Crippen LogP contribution is 2.22. The van der Waals surface area contributed by atoms with Crippen molar-refractivity contribution in [3.05, 3.63) is 134 Å². The van der Waals surface area contributed by atoms with Crippen LogP contribution in [-0.4, -0.2) is 0 Å². The van der Waals surface area contributed by atoms with E-state index >= 15 is 0 Å². The van der Waals surface area contributed by atoms with Crippen LogP contribution in [0.15, 0.2) is 97.1 Å². The zero-order valence-corrected chi connectivity index (χ0v) is 30.5. The molecule has 212 valence electrons. The molecule has 0 radical (unpaired) electrons. The third-order valence-corrected chi connectivity index (χ3v) is 12.3. The molecule has 0 aliphatic heterocycles. The highest BCUT2D eigenvalue weighted by molar-refractivity contribution is 5.24. The van der Waals surface area contributed by atoms with Crippen LogP contribution in [0.4, 0.5) is 0 Å². The van der Waals surface area contributed by atoms with Crippen molar-refractivity contribution in [2.45, 2.75) is 91.9 Å². The number of benzene rings is 4. The molecule has 0 saturated carbocycles. The van der Waals surface area contributed by atoms with E-state index in [1.165, 1.54) is 36.5 Å². The van der Waals surface area contributed by atoms with Gasteiger partial charge in [-0.1, -0.05) is 118 Å². The summed E-state index contributed by atoms with van der Waals surface area (Å²) in [5.41, 5.74) is 6.18. The molecule has 0 nitrogen and oxygen atoms in total. The molecule has 4 rings (SSSR count). The second kappa shape index (κ2) is 14.5. The Morgan fingerprint density at radius 2 is 0.600 bits per heavy atom. The van der Waals surface area contributed by atoms with Gasteiger partial charge in [0.1, 0.15) is 0 Å². The second-order valence-electron chi connectivity index (χ2n) is 13.1. The van der Waals surface area contributed by atoms with Gasteiger partial charge < -0.3 is 0 Å². The molecule has 4 aromatic rings. The molecule has 4 aromatic carbocycles. The van der Waals surface area contributed by atoms with E-state index in [-0.39, 0.29) is 53.2 Å². The maximum absolute atomic E-state index is 2.31. The van der Waals surface area contributed by atoms with Crippen molar-refractivity contribution < 1.29 is 42.4 Å². The van der Waals surface area contributed by atoms with E-state index in [9.17, 15) is 0 Å². The summed E-state index contributed by atoms with van der Waals surface area (Å²) in [6.45, 7) is 22.6. The van der Waals surface area contributed by atoms with Crippen molar-refractivity contribution >= 4 is 0 Å². The number of halogens is 2. The molecule has 0 heterocycles. The van der Waals surface area contributed by atoms with E-state index in [0.29, 0.717) is 11.8 Å². The van der Waals surface area contributed by atoms with Gasteiger partial charge in [-0.25, -0.2) is 0 Å². The third-order valence-electron chi connectivity index (χ3n) is 6.93. The minimum atomic E-state index is -0.0703. The molecule has 0 atom stereocenters. The molecule has 0 aliphatic carbocycles. The first-order valence-corrected chi connectivity index (χ1v) is 18.7. The number of hydrogen-bond acceptors (Lipinski definition) is 0. The SMILES string of the molecule is CC(C)(C)c1ccc([I+]c2ccc(C(C)(C)C)cc2)cc1.CC(C)c1ccc([I+]c2ccc(C(C)C)cc2)cc1. The first-order valence-electron chi connectivity index (χ1n) is 14.4. The lowest BCUT2D eigenvalue weighted by Crippen LogP contribution is -3.61. The molecule has 0 unspecified atom stereocenters. The minimum Gasteiger partial charge on any atom is -0.0587 e. The Kier molecular flexibility index (Phi) is 11.9. The molecular formula is C38H48I2+2. The van der Waals surface area contributed by atoms with Crippen LogP contribution < -0.4 is 42.4 Å². The fraction of sp³-hybridized carbons (Fsp3) is 0.368. The fourth-order valence-electron chi connectivity index (χ4n) is 4.10. The average molecular weight is 759 g/mol. The van der Waals surface area contributed by atoms with Crippen molar-refractivity contribution in [1.82, 2.24) is 0 Å². The van der Waals surface area contributed by atoms with Crippen LogP contribution in [-0.2, 0) is 10.8 Å². The molecule has 0 bridgehead atoms. The Morgan fingerprint density at radius 1 is 0.375 bits per heavy atom. The van der Waals surface area contributed by atoms with Crippen molar-refractivity contribution in [2.75, 3.05) is 0 Å². The number of rotatable bonds is 6. The maximum atomic E-state index is 2.31. The van der Waals surface area contributed by atoms with Crippen LogP contribution in [0.2, 0.25) is 0 Å². The minimum absolute atomic E-state index is 0.0366. The Hall–Kier alpha value is -1.66. The quantitative estimate of drug-likeness (QED) is 0.255. The Labute approximate surface area is 265 Å². The molecule has 0 fully saturated rings. The van der Waals surface area contributed by atoms with E-state index in [2.05, 4.69) is 166 Å². The molecule has 0 saturated heterocycles. The summed E-state index contributed by atoms with van der Waals surface area (Å²) >= 11 is -0.107. The largest absolute Gasteiger partial charge is 0.357 e. The topological polar surface area (TPSA) is 0 Å². The molecule has 40 heavy (non-hydrogen) atoms. The molecule has 0 spiro atoms. The normalized spacial score (nSPS) is 11.9. The lowest BCUT2D eigenvalue weighted by atomic mass is 9.87. The Bertz CT molecular complexity index is 1190. The van der Waals surface area contributed by atoms with Gasteiger partial charge in [-0.2, -0.15) is 0 Å². The van der Waals surface area contributed by atoms with Crippen molar-refractivity contribution in [1.29, 1.82) is 0 Å². The smallest absolute Gasteiger partial charge is 0.0587 e. The summed E-state index contributed by atoms with van der Waals surface area (Å²) in [5, 5.41) is 0. The van der Waals surface area contributed by atoms with Crippen LogP contribution >= 0.6 is 0 Å². The van der Waals surface area contributed by atoms with E-state index in [1.54, 1.807) is 0 Å². The van der Waals surface area contributed by atoms with Gasteiger partial charge in [0.2, 0.25) is 0 Å². The predicted molar refractivity (Wildman–Crippen MR) is 166 cm³/mol. The van der Waals surface area contributed by atoms with Crippen molar-refractivity contribution in [2.24, 2.45) is 0 Å². The standard InChI is InChI=1S/C20H26I.C18H22I/c1-19(2,3)15-7-11-17(12-8-15)21-18-13-9-16(10-14-18)20(4,5)6;1-13(2)15-5-9-17(10-6-15)19-18-11-7-16(8-12-18)14(3)4/h7-14H,1-6H3;5-14H,1-4H3/q2*+1. The summed E-state index contributed by atoms with van der Waals surface area (Å²) in [6, 6.07) is 36.7. The van der Waals surface area contributed by atoms with Crippen LogP contribution in [0.3, 0.4) is 0 Å². The van der Waals surface area contributed by atoms with E-state index < -0.39 is 0 Å². The van der Waals surface area contributed by atoms with Crippen LogP contribution in [0.1, 0.15) is 103 Å². The second-order valence-corrected chi connectivity index (χ2v) is 19.2. The molecule has 2 heteroatoms. The van der Waals surface area contributed by atoms with Gasteiger partial charge in [0, 0.05) is 0 Å². The summed E-state index contributed by atoms with van der Waals surface area (Å²) < 4.78 is 5.98. The molecular weight excluding hydrogens is 710 g/mol. The van der Waals surface area contributed by atoms with Gasteiger partial charge in [0.25, 0.3) is 0 Å². The maximum Gasteiger partial charge on any atom is 0.357 e. The van der Waals surface area contributed by atoms with E-state index in [4.69, 9.17) is 0 Å². The average Bonchev–Trinajstić information content (AvgIpc) is 2.89. The zero-order valence-electron chi connectivity index (χ0n) is 26.1. The molecule has 0 aromatic heterocycles. The fourth-order valence-corrected chi connectivity index (χ4v) is 8.41. The first kappa shape index (κ1) is 32.8. The molecule has 0 N–H and O–H groups in total. The van der Waals surface area contributed by atoms with Gasteiger partial charge >= 0.3 is 42.4 Å².